The van der Waals surface area contributed by atoms with Gasteiger partial charge in [-0.2, -0.15) is 0 Å². The SMILES string of the molecule is COc1nccc2c1C(c1ccc(C(=O)N3CCOCC3)c(Cl)c1)=NC2. The van der Waals surface area contributed by atoms with E-state index in [1.54, 1.807) is 30.3 Å². The molecule has 2 aromatic rings. The normalized spacial score (nSPS) is 16.2. The molecule has 0 radical (unpaired) electrons. The first-order chi connectivity index (χ1) is 12.7. The number of methoxy groups -OCH3 is 1. The number of aliphatic imine (C=N–C) groups is 1. The number of rotatable bonds is 3. The summed E-state index contributed by atoms with van der Waals surface area (Å²) in [4.78, 5) is 23.3. The Bertz CT molecular complexity index is 892. The number of hydrogen-bond donors (Lipinski definition) is 0. The van der Waals surface area contributed by atoms with Crippen LogP contribution in [0.2, 0.25) is 5.02 Å². The third-order valence-electron chi connectivity index (χ3n) is 4.61. The van der Waals surface area contributed by atoms with E-state index in [2.05, 4.69) is 9.98 Å². The highest BCUT2D eigenvalue weighted by Gasteiger charge is 2.25. The second kappa shape index (κ2) is 7.05. The summed E-state index contributed by atoms with van der Waals surface area (Å²) < 4.78 is 10.7. The van der Waals surface area contributed by atoms with Crippen molar-refractivity contribution in [2.75, 3.05) is 33.4 Å². The molecular weight excluding hydrogens is 354 g/mol. The van der Waals surface area contributed by atoms with E-state index in [0.29, 0.717) is 49.3 Å². The van der Waals surface area contributed by atoms with Gasteiger partial charge in [-0.1, -0.05) is 17.7 Å². The highest BCUT2D eigenvalue weighted by molar-refractivity contribution is 6.34. The third kappa shape index (κ3) is 2.95. The largest absolute Gasteiger partial charge is 0.480 e. The van der Waals surface area contributed by atoms with E-state index in [1.165, 1.54) is 0 Å². The number of morpholine rings is 1. The van der Waals surface area contributed by atoms with Crippen molar-refractivity contribution in [1.82, 2.24) is 9.88 Å². The monoisotopic (exact) mass is 371 g/mol. The van der Waals surface area contributed by atoms with E-state index in [0.717, 1.165) is 22.4 Å². The molecule has 2 aliphatic heterocycles. The van der Waals surface area contributed by atoms with Crippen LogP contribution in [0.4, 0.5) is 0 Å². The van der Waals surface area contributed by atoms with Crippen LogP contribution in [0.25, 0.3) is 0 Å². The van der Waals surface area contributed by atoms with Crippen molar-refractivity contribution >= 4 is 23.2 Å². The lowest BCUT2D eigenvalue weighted by Gasteiger charge is -2.27. The highest BCUT2D eigenvalue weighted by atomic mass is 35.5. The van der Waals surface area contributed by atoms with Crippen LogP contribution in [0.15, 0.2) is 35.5 Å². The molecular formula is C19H18ClN3O3. The minimum atomic E-state index is -0.0714. The lowest BCUT2D eigenvalue weighted by molar-refractivity contribution is 0.0303. The van der Waals surface area contributed by atoms with Gasteiger partial charge in [0.05, 0.1) is 48.7 Å². The van der Waals surface area contributed by atoms with Crippen molar-refractivity contribution in [2.24, 2.45) is 4.99 Å². The Labute approximate surface area is 156 Å². The number of amides is 1. The molecule has 1 fully saturated rings. The smallest absolute Gasteiger partial charge is 0.255 e. The van der Waals surface area contributed by atoms with Crippen LogP contribution in [-0.2, 0) is 11.3 Å². The summed E-state index contributed by atoms with van der Waals surface area (Å²) in [5.41, 5.74) is 4.08. The number of ether oxygens (including phenoxy) is 2. The zero-order chi connectivity index (χ0) is 18.1. The van der Waals surface area contributed by atoms with Crippen LogP contribution < -0.4 is 4.74 Å². The number of nitrogens with zero attached hydrogens (tertiary/aromatic N) is 3. The fourth-order valence-electron chi connectivity index (χ4n) is 3.27. The van der Waals surface area contributed by atoms with Crippen LogP contribution in [0.1, 0.15) is 27.0 Å². The lowest BCUT2D eigenvalue weighted by atomic mass is 10.00. The van der Waals surface area contributed by atoms with E-state index in [4.69, 9.17) is 21.1 Å². The molecule has 0 saturated carbocycles. The summed E-state index contributed by atoms with van der Waals surface area (Å²) in [6.07, 6.45) is 1.72. The summed E-state index contributed by atoms with van der Waals surface area (Å²) in [5.74, 6) is 0.473. The van der Waals surface area contributed by atoms with E-state index >= 15 is 0 Å². The minimum absolute atomic E-state index is 0.0714. The molecule has 0 N–H and O–H groups in total. The third-order valence-corrected chi connectivity index (χ3v) is 4.92. The lowest BCUT2D eigenvalue weighted by Crippen LogP contribution is -2.40. The number of hydrogen-bond acceptors (Lipinski definition) is 5. The molecule has 1 aromatic carbocycles. The van der Waals surface area contributed by atoms with Crippen LogP contribution in [0, 0.1) is 0 Å². The minimum Gasteiger partial charge on any atom is -0.480 e. The van der Waals surface area contributed by atoms with E-state index in [1.807, 2.05) is 12.1 Å². The van der Waals surface area contributed by atoms with Crippen molar-refractivity contribution in [1.29, 1.82) is 0 Å². The van der Waals surface area contributed by atoms with Crippen LogP contribution in [0.5, 0.6) is 5.88 Å². The quantitative estimate of drug-likeness (QED) is 0.831. The molecule has 1 aromatic heterocycles. The number of halogens is 1. The molecule has 0 spiro atoms. The van der Waals surface area contributed by atoms with Crippen LogP contribution >= 0.6 is 11.6 Å². The maximum Gasteiger partial charge on any atom is 0.255 e. The summed E-state index contributed by atoms with van der Waals surface area (Å²) >= 11 is 6.44. The van der Waals surface area contributed by atoms with Gasteiger partial charge in [-0.3, -0.25) is 9.79 Å². The van der Waals surface area contributed by atoms with Gasteiger partial charge in [0.2, 0.25) is 5.88 Å². The molecule has 0 unspecified atom stereocenters. The van der Waals surface area contributed by atoms with Gasteiger partial charge < -0.3 is 14.4 Å². The molecule has 7 heteroatoms. The van der Waals surface area contributed by atoms with Crippen molar-refractivity contribution in [3.63, 3.8) is 0 Å². The number of carbonyl (C=O) groups is 1. The van der Waals surface area contributed by atoms with Gasteiger partial charge in [-0.15, -0.1) is 0 Å². The Morgan fingerprint density at radius 3 is 2.81 bits per heavy atom. The van der Waals surface area contributed by atoms with Gasteiger partial charge in [0.25, 0.3) is 5.91 Å². The van der Waals surface area contributed by atoms with Gasteiger partial charge >= 0.3 is 0 Å². The Morgan fingerprint density at radius 2 is 2.08 bits per heavy atom. The van der Waals surface area contributed by atoms with Crippen LogP contribution in [0.3, 0.4) is 0 Å². The average Bonchev–Trinajstić information content (AvgIpc) is 3.12. The molecule has 2 aliphatic rings. The highest BCUT2D eigenvalue weighted by Crippen LogP contribution is 2.31. The van der Waals surface area contributed by atoms with E-state index < -0.39 is 0 Å². The molecule has 0 atom stereocenters. The second-order valence-electron chi connectivity index (χ2n) is 6.12. The molecule has 26 heavy (non-hydrogen) atoms. The molecule has 134 valence electrons. The molecule has 1 amide bonds. The summed E-state index contributed by atoms with van der Waals surface area (Å²) in [5, 5.41) is 0.415. The predicted molar refractivity (Wildman–Crippen MR) is 98.3 cm³/mol. The van der Waals surface area contributed by atoms with Crippen molar-refractivity contribution in [3.05, 3.63) is 57.7 Å². The summed E-state index contributed by atoms with van der Waals surface area (Å²) in [6.45, 7) is 2.86. The Kier molecular flexibility index (Phi) is 4.61. The fraction of sp³-hybridized carbons (Fsp3) is 0.316. The van der Waals surface area contributed by atoms with Crippen LogP contribution in [-0.4, -0.2) is 54.9 Å². The van der Waals surface area contributed by atoms with Gasteiger partial charge in [0, 0.05) is 24.8 Å². The Balaban J connectivity index is 1.65. The molecule has 6 nitrogen and oxygen atoms in total. The van der Waals surface area contributed by atoms with Gasteiger partial charge in [-0.05, 0) is 23.8 Å². The average molecular weight is 372 g/mol. The van der Waals surface area contributed by atoms with E-state index in [9.17, 15) is 4.79 Å². The predicted octanol–water partition coefficient (Wildman–Crippen LogP) is 2.57. The number of fused-ring (bicyclic) bond motifs is 1. The van der Waals surface area contributed by atoms with Gasteiger partial charge in [0.15, 0.2) is 0 Å². The van der Waals surface area contributed by atoms with Crippen molar-refractivity contribution in [2.45, 2.75) is 6.54 Å². The Morgan fingerprint density at radius 1 is 1.27 bits per heavy atom. The number of pyridine rings is 1. The standard InChI is InChI=1S/C19H18ClN3O3/c1-25-18-16-13(4-5-21-18)11-22-17(16)12-2-3-14(15(20)10-12)19(24)23-6-8-26-9-7-23/h2-5,10H,6-9,11H2,1H3. The van der Waals surface area contributed by atoms with Gasteiger partial charge in [-0.25, -0.2) is 4.98 Å². The molecule has 4 rings (SSSR count). The number of carbonyl (C=O) groups excluding carboxylic acids is 1. The first-order valence-corrected chi connectivity index (χ1v) is 8.80. The maximum atomic E-state index is 12.7. The molecule has 0 aliphatic carbocycles. The molecule has 0 bridgehead atoms. The first-order valence-electron chi connectivity index (χ1n) is 8.42. The fourth-order valence-corrected chi connectivity index (χ4v) is 3.53. The van der Waals surface area contributed by atoms with Gasteiger partial charge in [0.1, 0.15) is 0 Å². The molecule has 3 heterocycles. The number of benzene rings is 1. The maximum absolute atomic E-state index is 12.7. The topological polar surface area (TPSA) is 64.0 Å². The zero-order valence-electron chi connectivity index (χ0n) is 14.4. The Hall–Kier alpha value is -2.44. The van der Waals surface area contributed by atoms with Crippen molar-refractivity contribution in [3.8, 4) is 5.88 Å². The summed E-state index contributed by atoms with van der Waals surface area (Å²) in [6, 6.07) is 7.36. The zero-order valence-corrected chi connectivity index (χ0v) is 15.1. The number of aromatic nitrogens is 1. The van der Waals surface area contributed by atoms with Crippen molar-refractivity contribution < 1.29 is 14.3 Å². The first kappa shape index (κ1) is 17.0. The molecule has 1 saturated heterocycles. The van der Waals surface area contributed by atoms with E-state index in [-0.39, 0.29) is 5.91 Å². The second-order valence-corrected chi connectivity index (χ2v) is 6.53. The summed E-state index contributed by atoms with van der Waals surface area (Å²) in [7, 11) is 1.59.